The Morgan fingerprint density at radius 2 is 1.35 bits per heavy atom. The first kappa shape index (κ1) is 42.8. The van der Waals surface area contributed by atoms with Gasteiger partial charge in [-0.05, 0) is 104 Å². The lowest BCUT2D eigenvalue weighted by Crippen LogP contribution is -2.57. The zero-order chi connectivity index (χ0) is 37.4. The molecule has 14 heteroatoms. The van der Waals surface area contributed by atoms with Gasteiger partial charge in [0.25, 0.3) is 0 Å². The number of nitrogens with two attached hydrogens (primary N) is 1. The number of anilines is 1. The van der Waals surface area contributed by atoms with Crippen LogP contribution in [-0.2, 0) is 35.3 Å². The number of carbonyl (C=O) groups is 6. The Morgan fingerprint density at radius 1 is 0.755 bits per heavy atom. The van der Waals surface area contributed by atoms with Gasteiger partial charge in [-0.2, -0.15) is 0 Å². The molecule has 0 aromatic heterocycles. The summed E-state index contributed by atoms with van der Waals surface area (Å²) in [7, 11) is 0. The van der Waals surface area contributed by atoms with Gasteiger partial charge >= 0.3 is 12.0 Å². The lowest BCUT2D eigenvalue weighted by Gasteiger charge is -2.27. The Balaban J connectivity index is 3.00. The third kappa shape index (κ3) is 18.2. The molecule has 0 saturated heterocycles. The molecule has 3 atom stereocenters. The standard InChI is InChI=1S/C35H59N7O7/c1-22(2)28(42-30(45)26(39-23(3)43)13-10-11-20-38-35(7,8)9)31(46)41-27(14-12-19-37-33(36)48)29(44)40-25-17-15-24(16-18-25)21-49-32(47)34(4,5)6/h15-18,22,26-28,38H,10-14,19-21H2,1-9H3,(H,39,43)(H,40,44)(H,41,46)(H,42,45)(H3,36,37,48)/t26-,27-,28-/m0/s1. The minimum absolute atomic E-state index is 0.0339. The van der Waals surface area contributed by atoms with E-state index in [1.54, 1.807) is 58.9 Å². The predicted octanol–water partition coefficient (Wildman–Crippen LogP) is 2.85. The van der Waals surface area contributed by atoms with Crippen LogP contribution in [0.5, 0.6) is 0 Å². The average molecular weight is 690 g/mol. The molecule has 0 spiro atoms. The Bertz CT molecular complexity index is 1250. The summed E-state index contributed by atoms with van der Waals surface area (Å²) in [4.78, 5) is 75.5. The highest BCUT2D eigenvalue weighted by molar-refractivity contribution is 5.99. The molecule has 0 unspecified atom stereocenters. The lowest BCUT2D eigenvalue weighted by atomic mass is 9.97. The maximum Gasteiger partial charge on any atom is 0.312 e. The van der Waals surface area contributed by atoms with Gasteiger partial charge in [-0.3, -0.25) is 24.0 Å². The summed E-state index contributed by atoms with van der Waals surface area (Å²) < 4.78 is 5.34. The smallest absolute Gasteiger partial charge is 0.312 e. The molecular formula is C35H59N7O7. The number of hydrogen-bond donors (Lipinski definition) is 7. The van der Waals surface area contributed by atoms with Crippen LogP contribution in [0.3, 0.4) is 0 Å². The van der Waals surface area contributed by atoms with E-state index in [1.165, 1.54) is 6.92 Å². The van der Waals surface area contributed by atoms with E-state index in [9.17, 15) is 28.8 Å². The molecule has 1 rings (SSSR count). The van der Waals surface area contributed by atoms with Crippen LogP contribution in [0, 0.1) is 11.3 Å². The SMILES string of the molecule is CC(=O)N[C@@H](CCCCNC(C)(C)C)C(=O)N[C@H](C(=O)N[C@@H](CCCNC(N)=O)C(=O)Nc1ccc(COC(=O)C(C)(C)C)cc1)C(C)C. The van der Waals surface area contributed by atoms with Crippen LogP contribution in [-0.4, -0.2) is 72.4 Å². The summed E-state index contributed by atoms with van der Waals surface area (Å²) in [5.74, 6) is -2.61. The number of nitrogens with one attached hydrogen (secondary N) is 6. The number of amides is 6. The highest BCUT2D eigenvalue weighted by Crippen LogP contribution is 2.18. The molecule has 0 radical (unpaired) electrons. The van der Waals surface area contributed by atoms with E-state index >= 15 is 0 Å². The molecule has 0 heterocycles. The molecular weight excluding hydrogens is 630 g/mol. The number of carbonyl (C=O) groups excluding carboxylic acids is 6. The number of rotatable bonds is 19. The summed E-state index contributed by atoms with van der Waals surface area (Å²) in [6.07, 6.45) is 2.34. The van der Waals surface area contributed by atoms with E-state index in [0.717, 1.165) is 18.5 Å². The van der Waals surface area contributed by atoms with E-state index in [1.807, 2.05) is 0 Å². The number of benzene rings is 1. The van der Waals surface area contributed by atoms with E-state index in [2.05, 4.69) is 52.7 Å². The Morgan fingerprint density at radius 3 is 1.88 bits per heavy atom. The van der Waals surface area contributed by atoms with Crippen molar-refractivity contribution in [3.8, 4) is 0 Å². The third-order valence-corrected chi connectivity index (χ3v) is 7.32. The van der Waals surface area contributed by atoms with E-state index in [4.69, 9.17) is 10.5 Å². The first-order chi connectivity index (χ1) is 22.7. The fourth-order valence-corrected chi connectivity index (χ4v) is 4.57. The first-order valence-corrected chi connectivity index (χ1v) is 16.9. The fourth-order valence-electron chi connectivity index (χ4n) is 4.57. The predicted molar refractivity (Wildman–Crippen MR) is 189 cm³/mol. The van der Waals surface area contributed by atoms with E-state index in [0.29, 0.717) is 24.9 Å². The molecule has 1 aromatic rings. The van der Waals surface area contributed by atoms with Crippen LogP contribution in [0.25, 0.3) is 0 Å². The Labute approximate surface area is 291 Å². The molecule has 49 heavy (non-hydrogen) atoms. The van der Waals surface area contributed by atoms with Crippen LogP contribution < -0.4 is 37.6 Å². The van der Waals surface area contributed by atoms with Crippen molar-refractivity contribution in [2.75, 3.05) is 18.4 Å². The Kier molecular flexibility index (Phi) is 17.8. The first-order valence-electron chi connectivity index (χ1n) is 16.9. The highest BCUT2D eigenvalue weighted by atomic mass is 16.5. The number of unbranched alkanes of at least 4 members (excludes halogenated alkanes) is 1. The van der Waals surface area contributed by atoms with Crippen molar-refractivity contribution in [3.05, 3.63) is 29.8 Å². The summed E-state index contributed by atoms with van der Waals surface area (Å²) in [6.45, 7) is 17.4. The Hall–Kier alpha value is -4.20. The summed E-state index contributed by atoms with van der Waals surface area (Å²) in [6, 6.07) is 3.18. The van der Waals surface area contributed by atoms with Crippen molar-refractivity contribution < 1.29 is 33.5 Å². The van der Waals surface area contributed by atoms with Crippen molar-refractivity contribution in [1.82, 2.24) is 26.6 Å². The van der Waals surface area contributed by atoms with Crippen molar-refractivity contribution in [2.45, 2.75) is 125 Å². The number of ether oxygens (including phenoxy) is 1. The van der Waals surface area contributed by atoms with Gasteiger partial charge in [-0.25, -0.2) is 4.79 Å². The van der Waals surface area contributed by atoms with Gasteiger partial charge in [0.15, 0.2) is 0 Å². The minimum atomic E-state index is -1.02. The van der Waals surface area contributed by atoms with Gasteiger partial charge in [0.2, 0.25) is 23.6 Å². The molecule has 8 N–H and O–H groups in total. The monoisotopic (exact) mass is 689 g/mol. The molecule has 0 fully saturated rings. The van der Waals surface area contributed by atoms with Crippen LogP contribution in [0.1, 0.15) is 100.0 Å². The highest BCUT2D eigenvalue weighted by Gasteiger charge is 2.31. The maximum absolute atomic E-state index is 13.6. The van der Waals surface area contributed by atoms with Crippen LogP contribution in [0.4, 0.5) is 10.5 Å². The molecule has 0 saturated carbocycles. The largest absolute Gasteiger partial charge is 0.460 e. The number of hydrogen-bond acceptors (Lipinski definition) is 8. The molecule has 0 aliphatic rings. The van der Waals surface area contributed by atoms with Crippen molar-refractivity contribution in [1.29, 1.82) is 0 Å². The zero-order valence-corrected chi connectivity index (χ0v) is 30.7. The number of primary amides is 1. The molecule has 1 aromatic carbocycles. The average Bonchev–Trinajstić information content (AvgIpc) is 2.98. The van der Waals surface area contributed by atoms with Crippen molar-refractivity contribution in [3.63, 3.8) is 0 Å². The maximum atomic E-state index is 13.6. The summed E-state index contributed by atoms with van der Waals surface area (Å²) in [5.41, 5.74) is 5.68. The van der Waals surface area contributed by atoms with Crippen molar-refractivity contribution >= 4 is 41.3 Å². The molecule has 0 aliphatic carbocycles. The second-order valence-electron chi connectivity index (χ2n) is 14.7. The second kappa shape index (κ2) is 20.3. The van der Waals surface area contributed by atoms with Gasteiger partial charge in [-0.15, -0.1) is 0 Å². The quantitative estimate of drug-likeness (QED) is 0.0846. The van der Waals surface area contributed by atoms with E-state index in [-0.39, 0.29) is 42.9 Å². The number of esters is 1. The molecule has 14 nitrogen and oxygen atoms in total. The van der Waals surface area contributed by atoms with Gasteiger partial charge in [-0.1, -0.05) is 26.0 Å². The van der Waals surface area contributed by atoms with Gasteiger partial charge in [0.1, 0.15) is 24.7 Å². The van der Waals surface area contributed by atoms with Crippen LogP contribution in [0.15, 0.2) is 24.3 Å². The lowest BCUT2D eigenvalue weighted by molar-refractivity contribution is -0.154. The molecule has 0 bridgehead atoms. The third-order valence-electron chi connectivity index (χ3n) is 7.32. The van der Waals surface area contributed by atoms with Gasteiger partial charge in [0.05, 0.1) is 5.41 Å². The topological polar surface area (TPSA) is 210 Å². The van der Waals surface area contributed by atoms with E-state index < -0.39 is 47.3 Å². The molecule has 276 valence electrons. The molecule has 6 amide bonds. The summed E-state index contributed by atoms with van der Waals surface area (Å²) in [5, 5.41) is 16.9. The van der Waals surface area contributed by atoms with Gasteiger partial charge in [0, 0.05) is 24.7 Å². The van der Waals surface area contributed by atoms with Crippen molar-refractivity contribution in [2.24, 2.45) is 17.1 Å². The van der Waals surface area contributed by atoms with Crippen LogP contribution >= 0.6 is 0 Å². The minimum Gasteiger partial charge on any atom is -0.460 e. The molecule has 0 aliphatic heterocycles. The fraction of sp³-hybridized carbons (Fsp3) is 0.657. The number of urea groups is 1. The zero-order valence-electron chi connectivity index (χ0n) is 30.7. The van der Waals surface area contributed by atoms with Gasteiger partial charge < -0.3 is 42.4 Å². The summed E-state index contributed by atoms with van der Waals surface area (Å²) >= 11 is 0. The second-order valence-corrected chi connectivity index (χ2v) is 14.7. The normalized spacial score (nSPS) is 13.4. The van der Waals surface area contributed by atoms with Crippen LogP contribution in [0.2, 0.25) is 0 Å².